The molecule has 1 fully saturated rings. The fourth-order valence-electron chi connectivity index (χ4n) is 1.94. The van der Waals surface area contributed by atoms with Crippen LogP contribution in [-0.4, -0.2) is 12.2 Å². The molecule has 1 unspecified atom stereocenters. The zero-order valence-corrected chi connectivity index (χ0v) is 8.23. The minimum absolute atomic E-state index is 0.186. The average Bonchev–Trinajstić information content (AvgIpc) is 2.05. The van der Waals surface area contributed by atoms with Crippen molar-refractivity contribution < 1.29 is 4.79 Å². The Kier molecular flexibility index (Phi) is 2.94. The molecule has 0 aromatic rings. The number of hydrogen-bond donors (Lipinski definition) is 0. The smallest absolute Gasteiger partial charge is 0.126 e. The van der Waals surface area contributed by atoms with Crippen molar-refractivity contribution in [1.82, 2.24) is 0 Å². The number of carbonyl (C=O) groups is 1. The summed E-state index contributed by atoms with van der Waals surface area (Å²) in [5.41, 5.74) is 0.891. The van der Waals surface area contributed by atoms with E-state index in [1.165, 1.54) is 0 Å². The van der Waals surface area contributed by atoms with E-state index in [0.717, 1.165) is 31.1 Å². The van der Waals surface area contributed by atoms with Gasteiger partial charge in [-0.25, -0.2) is 0 Å². The molecular formula is C10H15ClO. The molecule has 2 atom stereocenters. The van der Waals surface area contributed by atoms with Gasteiger partial charge in [0.1, 0.15) is 6.29 Å². The van der Waals surface area contributed by atoms with E-state index in [1.807, 2.05) is 6.92 Å². The van der Waals surface area contributed by atoms with Crippen LogP contribution < -0.4 is 0 Å². The normalized spacial score (nSPS) is 36.5. The van der Waals surface area contributed by atoms with E-state index in [0.29, 0.717) is 5.88 Å². The van der Waals surface area contributed by atoms with Crippen LogP contribution in [0.25, 0.3) is 0 Å². The highest BCUT2D eigenvalue weighted by Gasteiger charge is 2.37. The van der Waals surface area contributed by atoms with Crippen LogP contribution in [0.2, 0.25) is 0 Å². The molecule has 1 nitrogen and oxygen atoms in total. The number of rotatable bonds is 2. The minimum atomic E-state index is -0.253. The van der Waals surface area contributed by atoms with E-state index < -0.39 is 0 Å². The van der Waals surface area contributed by atoms with Crippen LogP contribution in [0.15, 0.2) is 12.2 Å². The third-order valence-corrected chi connectivity index (χ3v) is 3.23. The van der Waals surface area contributed by atoms with Gasteiger partial charge in [0.25, 0.3) is 0 Å². The van der Waals surface area contributed by atoms with Gasteiger partial charge in [-0.15, -0.1) is 11.6 Å². The Morgan fingerprint density at radius 3 is 2.92 bits per heavy atom. The van der Waals surface area contributed by atoms with E-state index in [1.54, 1.807) is 0 Å². The van der Waals surface area contributed by atoms with E-state index in [9.17, 15) is 4.79 Å². The van der Waals surface area contributed by atoms with Crippen LogP contribution in [0.5, 0.6) is 0 Å². The highest BCUT2D eigenvalue weighted by Crippen LogP contribution is 2.42. The summed E-state index contributed by atoms with van der Waals surface area (Å²) >= 11 is 5.82. The second-order valence-electron chi connectivity index (χ2n) is 3.84. The second kappa shape index (κ2) is 3.61. The first-order chi connectivity index (χ1) is 5.64. The Morgan fingerprint density at radius 1 is 1.83 bits per heavy atom. The van der Waals surface area contributed by atoms with Crippen molar-refractivity contribution in [3.63, 3.8) is 0 Å². The molecule has 0 aliphatic heterocycles. The quantitative estimate of drug-likeness (QED) is 0.368. The molecule has 0 amide bonds. The first-order valence-corrected chi connectivity index (χ1v) is 4.87. The van der Waals surface area contributed by atoms with Crippen molar-refractivity contribution in [3.05, 3.63) is 12.2 Å². The van der Waals surface area contributed by atoms with Gasteiger partial charge in [0, 0.05) is 17.2 Å². The molecule has 1 aliphatic rings. The Hall–Kier alpha value is -0.300. The molecule has 0 spiro atoms. The van der Waals surface area contributed by atoms with Crippen molar-refractivity contribution in [2.45, 2.75) is 26.2 Å². The van der Waals surface area contributed by atoms with Gasteiger partial charge in [-0.05, 0) is 19.3 Å². The zero-order chi connectivity index (χ0) is 9.19. The van der Waals surface area contributed by atoms with Gasteiger partial charge in [0.2, 0.25) is 0 Å². The van der Waals surface area contributed by atoms with E-state index in [-0.39, 0.29) is 11.3 Å². The molecule has 1 saturated carbocycles. The molecular weight excluding hydrogens is 172 g/mol. The van der Waals surface area contributed by atoms with Crippen molar-refractivity contribution in [2.24, 2.45) is 11.3 Å². The van der Waals surface area contributed by atoms with Crippen molar-refractivity contribution >= 4 is 17.9 Å². The van der Waals surface area contributed by atoms with Crippen molar-refractivity contribution in [1.29, 1.82) is 0 Å². The highest BCUT2D eigenvalue weighted by molar-refractivity contribution is 6.18. The largest absolute Gasteiger partial charge is 0.303 e. The van der Waals surface area contributed by atoms with E-state index >= 15 is 0 Å². The first-order valence-electron chi connectivity index (χ1n) is 4.34. The van der Waals surface area contributed by atoms with Crippen LogP contribution in [0.4, 0.5) is 0 Å². The summed E-state index contributed by atoms with van der Waals surface area (Å²) in [6, 6.07) is 0. The molecule has 0 aromatic heterocycles. The topological polar surface area (TPSA) is 17.1 Å². The summed E-state index contributed by atoms with van der Waals surface area (Å²) in [5.74, 6) is 0.707. The maximum absolute atomic E-state index is 10.9. The minimum Gasteiger partial charge on any atom is -0.303 e. The molecule has 68 valence electrons. The Morgan fingerprint density at radius 2 is 2.50 bits per heavy atom. The number of carbonyl (C=O) groups excluding carboxylic acids is 1. The molecule has 2 heteroatoms. The summed E-state index contributed by atoms with van der Waals surface area (Å²) in [5, 5.41) is 0. The summed E-state index contributed by atoms with van der Waals surface area (Å²) in [6.07, 6.45) is 4.10. The van der Waals surface area contributed by atoms with Crippen LogP contribution in [-0.2, 0) is 4.79 Å². The summed E-state index contributed by atoms with van der Waals surface area (Å²) < 4.78 is 0. The second-order valence-corrected chi connectivity index (χ2v) is 4.15. The maximum atomic E-state index is 10.9. The Bertz CT molecular complexity index is 200. The lowest BCUT2D eigenvalue weighted by molar-refractivity contribution is -0.118. The highest BCUT2D eigenvalue weighted by atomic mass is 35.5. The fourth-order valence-corrected chi connectivity index (χ4v) is 2.51. The van der Waals surface area contributed by atoms with Gasteiger partial charge in [-0.1, -0.05) is 19.1 Å². The lowest BCUT2D eigenvalue weighted by Gasteiger charge is -2.37. The lowest BCUT2D eigenvalue weighted by Crippen LogP contribution is -2.34. The zero-order valence-electron chi connectivity index (χ0n) is 7.48. The van der Waals surface area contributed by atoms with E-state index in [4.69, 9.17) is 11.6 Å². The van der Waals surface area contributed by atoms with Crippen LogP contribution >= 0.6 is 11.6 Å². The number of alkyl halides is 1. The predicted molar refractivity (Wildman–Crippen MR) is 51.4 cm³/mol. The number of allylic oxidation sites excluding steroid dienone is 1. The van der Waals surface area contributed by atoms with Crippen LogP contribution in [0.3, 0.4) is 0 Å². The lowest BCUT2D eigenvalue weighted by atomic mass is 9.67. The van der Waals surface area contributed by atoms with Gasteiger partial charge in [0.15, 0.2) is 0 Å². The average molecular weight is 187 g/mol. The Labute approximate surface area is 78.8 Å². The summed E-state index contributed by atoms with van der Waals surface area (Å²) in [4.78, 5) is 10.9. The molecule has 1 aliphatic carbocycles. The monoisotopic (exact) mass is 186 g/mol. The van der Waals surface area contributed by atoms with Gasteiger partial charge < -0.3 is 4.79 Å². The summed E-state index contributed by atoms with van der Waals surface area (Å²) in [7, 11) is 0. The first kappa shape index (κ1) is 9.79. The van der Waals surface area contributed by atoms with Crippen LogP contribution in [0.1, 0.15) is 26.2 Å². The van der Waals surface area contributed by atoms with Gasteiger partial charge in [-0.2, -0.15) is 0 Å². The number of hydrogen-bond acceptors (Lipinski definition) is 1. The predicted octanol–water partition coefficient (Wildman–Crippen LogP) is 2.79. The molecule has 0 radical (unpaired) electrons. The Balaban J connectivity index is 2.84. The van der Waals surface area contributed by atoms with Crippen molar-refractivity contribution in [2.75, 3.05) is 5.88 Å². The SMILES string of the molecule is C=C1CCC[C@@](C)(C=O)C1CCl. The molecule has 0 aromatic carbocycles. The third kappa shape index (κ3) is 1.56. The van der Waals surface area contributed by atoms with Gasteiger partial charge in [0.05, 0.1) is 0 Å². The van der Waals surface area contributed by atoms with Crippen molar-refractivity contribution in [3.8, 4) is 0 Å². The van der Waals surface area contributed by atoms with E-state index in [2.05, 4.69) is 6.58 Å². The molecule has 0 heterocycles. The number of halogens is 1. The molecule has 1 rings (SSSR count). The summed E-state index contributed by atoms with van der Waals surface area (Å²) in [6.45, 7) is 5.95. The van der Waals surface area contributed by atoms with Gasteiger partial charge in [-0.3, -0.25) is 0 Å². The molecule has 0 saturated heterocycles. The fraction of sp³-hybridized carbons (Fsp3) is 0.700. The molecule has 0 bridgehead atoms. The molecule has 0 N–H and O–H groups in total. The third-order valence-electron chi connectivity index (χ3n) is 2.93. The molecule has 12 heavy (non-hydrogen) atoms. The van der Waals surface area contributed by atoms with Crippen LogP contribution in [0, 0.1) is 11.3 Å². The number of aldehydes is 1. The standard InChI is InChI=1S/C10H15ClO/c1-8-4-3-5-10(2,7-12)9(8)6-11/h7,9H,1,3-6H2,2H3/t9?,10-/m0/s1. The van der Waals surface area contributed by atoms with Gasteiger partial charge >= 0.3 is 0 Å². The maximum Gasteiger partial charge on any atom is 0.126 e.